The number of carbonyl (C=O) groups excluding carboxylic acids is 2. The maximum atomic E-state index is 13.5. The van der Waals surface area contributed by atoms with Gasteiger partial charge in [-0.1, -0.05) is 25.1 Å². The number of aldehydes is 1. The Morgan fingerprint density at radius 2 is 2.00 bits per heavy atom. The molecule has 2 aromatic rings. The number of amides is 1. The van der Waals surface area contributed by atoms with Gasteiger partial charge >= 0.3 is 0 Å². The predicted octanol–water partition coefficient (Wildman–Crippen LogP) is 3.16. The van der Waals surface area contributed by atoms with Crippen molar-refractivity contribution < 1.29 is 23.5 Å². The normalized spacial score (nSPS) is 10.2. The van der Waals surface area contributed by atoms with Crippen LogP contribution in [0.15, 0.2) is 42.5 Å². The van der Waals surface area contributed by atoms with E-state index in [1.54, 1.807) is 36.4 Å². The Labute approximate surface area is 152 Å². The van der Waals surface area contributed by atoms with Crippen molar-refractivity contribution in [2.75, 3.05) is 19.8 Å². The Hall–Kier alpha value is -2.89. The smallest absolute Gasteiger partial charge is 0.257 e. The van der Waals surface area contributed by atoms with Gasteiger partial charge in [0.15, 0.2) is 12.9 Å². The Balaban J connectivity index is 1.84. The molecule has 0 saturated carbocycles. The number of ether oxygens (including phenoxy) is 2. The van der Waals surface area contributed by atoms with E-state index in [4.69, 9.17) is 9.47 Å². The van der Waals surface area contributed by atoms with Crippen LogP contribution in [0.25, 0.3) is 0 Å². The van der Waals surface area contributed by atoms with E-state index in [1.807, 2.05) is 6.92 Å². The van der Waals surface area contributed by atoms with Crippen molar-refractivity contribution in [3.8, 4) is 11.5 Å². The molecule has 6 heteroatoms. The van der Waals surface area contributed by atoms with E-state index >= 15 is 0 Å². The number of rotatable bonds is 10. The standard InChI is InChI=1S/C20H22FNO4/c1-2-11-25-17-8-7-16(13-23)19(12-17)26-14-20(24)22-10-9-15-5-3-4-6-18(15)21/h3-8,12-13H,2,9-11,14H2,1H3,(H,22,24). The SMILES string of the molecule is CCCOc1ccc(C=O)c(OCC(=O)NCCc2ccccc2F)c1. The summed E-state index contributed by atoms with van der Waals surface area (Å²) in [5, 5.41) is 2.66. The summed E-state index contributed by atoms with van der Waals surface area (Å²) in [6.07, 6.45) is 1.91. The van der Waals surface area contributed by atoms with Crippen molar-refractivity contribution >= 4 is 12.2 Å². The summed E-state index contributed by atoms with van der Waals surface area (Å²) in [4.78, 5) is 23.0. The Kier molecular flexibility index (Phi) is 7.61. The molecule has 0 unspecified atom stereocenters. The highest BCUT2D eigenvalue weighted by atomic mass is 19.1. The van der Waals surface area contributed by atoms with Crippen LogP contribution in [0, 0.1) is 5.82 Å². The first-order chi connectivity index (χ1) is 12.6. The lowest BCUT2D eigenvalue weighted by atomic mass is 10.1. The zero-order chi connectivity index (χ0) is 18.8. The fourth-order valence-electron chi connectivity index (χ4n) is 2.28. The van der Waals surface area contributed by atoms with E-state index in [0.717, 1.165) is 6.42 Å². The lowest BCUT2D eigenvalue weighted by molar-refractivity contribution is -0.123. The van der Waals surface area contributed by atoms with Crippen LogP contribution >= 0.6 is 0 Å². The monoisotopic (exact) mass is 359 g/mol. The molecule has 0 bridgehead atoms. The van der Waals surface area contributed by atoms with Crippen molar-refractivity contribution in [2.45, 2.75) is 19.8 Å². The number of hydrogen-bond acceptors (Lipinski definition) is 4. The van der Waals surface area contributed by atoms with E-state index in [2.05, 4.69) is 5.32 Å². The number of nitrogens with one attached hydrogen (secondary N) is 1. The van der Waals surface area contributed by atoms with E-state index in [1.165, 1.54) is 6.07 Å². The van der Waals surface area contributed by atoms with E-state index in [0.29, 0.717) is 42.7 Å². The lowest BCUT2D eigenvalue weighted by Crippen LogP contribution is -2.30. The van der Waals surface area contributed by atoms with Gasteiger partial charge in [0, 0.05) is 12.6 Å². The summed E-state index contributed by atoms with van der Waals surface area (Å²) in [5.74, 6) is 0.223. The minimum atomic E-state index is -0.349. The second-order valence-corrected chi connectivity index (χ2v) is 5.65. The van der Waals surface area contributed by atoms with E-state index in [9.17, 15) is 14.0 Å². The van der Waals surface area contributed by atoms with Gasteiger partial charge in [0.1, 0.15) is 17.3 Å². The summed E-state index contributed by atoms with van der Waals surface area (Å²) >= 11 is 0. The van der Waals surface area contributed by atoms with Gasteiger partial charge in [-0.25, -0.2) is 4.39 Å². The predicted molar refractivity (Wildman–Crippen MR) is 96.2 cm³/mol. The molecule has 0 aromatic heterocycles. The highest BCUT2D eigenvalue weighted by Gasteiger charge is 2.09. The Morgan fingerprint density at radius 1 is 1.19 bits per heavy atom. The zero-order valence-electron chi connectivity index (χ0n) is 14.7. The molecule has 2 aromatic carbocycles. The highest BCUT2D eigenvalue weighted by molar-refractivity contribution is 5.81. The van der Waals surface area contributed by atoms with Crippen molar-refractivity contribution in [1.29, 1.82) is 0 Å². The molecule has 0 aliphatic rings. The van der Waals surface area contributed by atoms with Crippen LogP contribution in [-0.2, 0) is 11.2 Å². The van der Waals surface area contributed by atoms with Crippen LogP contribution in [0.4, 0.5) is 4.39 Å². The van der Waals surface area contributed by atoms with E-state index in [-0.39, 0.29) is 24.1 Å². The minimum absolute atomic E-state index is 0.241. The Morgan fingerprint density at radius 3 is 2.73 bits per heavy atom. The van der Waals surface area contributed by atoms with Crippen molar-refractivity contribution in [1.82, 2.24) is 5.32 Å². The van der Waals surface area contributed by atoms with Crippen molar-refractivity contribution in [3.05, 3.63) is 59.4 Å². The quantitative estimate of drug-likeness (QED) is 0.662. The zero-order valence-corrected chi connectivity index (χ0v) is 14.7. The first-order valence-electron chi connectivity index (χ1n) is 8.49. The van der Waals surface area contributed by atoms with Gasteiger partial charge in [0.25, 0.3) is 5.91 Å². The van der Waals surface area contributed by atoms with Crippen LogP contribution < -0.4 is 14.8 Å². The first-order valence-corrected chi connectivity index (χ1v) is 8.49. The fourth-order valence-corrected chi connectivity index (χ4v) is 2.28. The van der Waals surface area contributed by atoms with Gasteiger partial charge in [-0.15, -0.1) is 0 Å². The third-order valence-corrected chi connectivity index (χ3v) is 3.62. The Bertz CT molecular complexity index is 748. The molecule has 0 aliphatic carbocycles. The van der Waals surface area contributed by atoms with Crippen LogP contribution in [0.5, 0.6) is 11.5 Å². The molecule has 2 rings (SSSR count). The number of hydrogen-bond donors (Lipinski definition) is 1. The van der Waals surface area contributed by atoms with Crippen molar-refractivity contribution in [2.24, 2.45) is 0 Å². The third kappa shape index (κ3) is 5.88. The van der Waals surface area contributed by atoms with Gasteiger partial charge < -0.3 is 14.8 Å². The molecular weight excluding hydrogens is 337 g/mol. The molecule has 0 atom stereocenters. The number of benzene rings is 2. The average molecular weight is 359 g/mol. The number of carbonyl (C=O) groups is 2. The summed E-state index contributed by atoms with van der Waals surface area (Å²) in [7, 11) is 0. The van der Waals surface area contributed by atoms with Crippen LogP contribution in [-0.4, -0.2) is 32.0 Å². The van der Waals surface area contributed by atoms with Crippen LogP contribution in [0.3, 0.4) is 0 Å². The van der Waals surface area contributed by atoms with Crippen LogP contribution in [0.2, 0.25) is 0 Å². The molecule has 138 valence electrons. The summed E-state index contributed by atoms with van der Waals surface area (Å²) in [6.45, 7) is 2.60. The maximum absolute atomic E-state index is 13.5. The van der Waals surface area contributed by atoms with Gasteiger partial charge in [-0.05, 0) is 36.6 Å². The molecule has 0 heterocycles. The molecule has 26 heavy (non-hydrogen) atoms. The lowest BCUT2D eigenvalue weighted by Gasteiger charge is -2.11. The third-order valence-electron chi connectivity index (χ3n) is 3.62. The minimum Gasteiger partial charge on any atom is -0.493 e. The van der Waals surface area contributed by atoms with Crippen molar-refractivity contribution in [3.63, 3.8) is 0 Å². The molecule has 0 spiro atoms. The highest BCUT2D eigenvalue weighted by Crippen LogP contribution is 2.24. The average Bonchev–Trinajstić information content (AvgIpc) is 2.66. The first kappa shape index (κ1) is 19.4. The summed E-state index contributed by atoms with van der Waals surface area (Å²) in [5.41, 5.74) is 0.880. The van der Waals surface area contributed by atoms with Gasteiger partial charge in [-0.2, -0.15) is 0 Å². The topological polar surface area (TPSA) is 64.6 Å². The van der Waals surface area contributed by atoms with Gasteiger partial charge in [0.05, 0.1) is 12.2 Å². The molecule has 1 amide bonds. The summed E-state index contributed by atoms with van der Waals surface area (Å²) in [6, 6.07) is 11.3. The molecule has 1 N–H and O–H groups in total. The summed E-state index contributed by atoms with van der Waals surface area (Å²) < 4.78 is 24.4. The molecule has 0 fully saturated rings. The van der Waals surface area contributed by atoms with E-state index < -0.39 is 0 Å². The second-order valence-electron chi connectivity index (χ2n) is 5.65. The molecule has 5 nitrogen and oxygen atoms in total. The van der Waals surface area contributed by atoms with Gasteiger partial charge in [-0.3, -0.25) is 9.59 Å². The fraction of sp³-hybridized carbons (Fsp3) is 0.300. The largest absolute Gasteiger partial charge is 0.493 e. The molecule has 0 saturated heterocycles. The molecule has 0 radical (unpaired) electrons. The maximum Gasteiger partial charge on any atom is 0.257 e. The molecule has 0 aliphatic heterocycles. The second kappa shape index (κ2) is 10.2. The van der Waals surface area contributed by atoms with Gasteiger partial charge in [0.2, 0.25) is 0 Å². The van der Waals surface area contributed by atoms with Crippen LogP contribution in [0.1, 0.15) is 29.3 Å². The number of halogens is 1. The molecular formula is C20H22FNO4.